The topological polar surface area (TPSA) is 64.4 Å². The third-order valence-electron chi connectivity index (χ3n) is 2.88. The van der Waals surface area contributed by atoms with Crippen LogP contribution in [0.25, 0.3) is 0 Å². The van der Waals surface area contributed by atoms with Gasteiger partial charge in [0.05, 0.1) is 12.8 Å². The number of para-hydroxylation sites is 2. The summed E-state index contributed by atoms with van der Waals surface area (Å²) in [5.74, 6) is 0.604. The number of methoxy groups -OCH3 is 1. The van der Waals surface area contributed by atoms with E-state index in [1.807, 2.05) is 12.1 Å². The number of nitrogens with zero attached hydrogens (tertiary/aromatic N) is 1. The molecule has 0 fully saturated rings. The molecule has 1 aromatic rings. The molecule has 0 amide bonds. The van der Waals surface area contributed by atoms with Gasteiger partial charge < -0.3 is 10.1 Å². The van der Waals surface area contributed by atoms with Crippen molar-refractivity contribution in [2.75, 3.05) is 12.4 Å². The molecular formula is C13H13ClN2O3. The van der Waals surface area contributed by atoms with E-state index >= 15 is 0 Å². The highest BCUT2D eigenvalue weighted by molar-refractivity contribution is 6.25. The van der Waals surface area contributed by atoms with E-state index in [4.69, 9.17) is 16.3 Å². The maximum atomic E-state index is 11.1. The molecule has 100 valence electrons. The fraction of sp³-hybridized carbons (Fsp3) is 0.231. The molecule has 5 nitrogen and oxygen atoms in total. The SMILES string of the molecule is COc1ccccc1NC1C=CC=CC1(Cl)[N+](=O)[O-]. The minimum Gasteiger partial charge on any atom is -0.495 e. The Labute approximate surface area is 115 Å². The van der Waals surface area contributed by atoms with E-state index in [-0.39, 0.29) is 0 Å². The van der Waals surface area contributed by atoms with Crippen molar-refractivity contribution in [3.05, 3.63) is 58.7 Å². The van der Waals surface area contributed by atoms with Crippen LogP contribution in [-0.2, 0) is 0 Å². The molecule has 1 aromatic carbocycles. The minimum atomic E-state index is -1.70. The number of ether oxygens (including phenoxy) is 1. The summed E-state index contributed by atoms with van der Waals surface area (Å²) in [5.41, 5.74) is 0.654. The number of allylic oxidation sites excluding steroid dienone is 2. The number of hydrogen-bond donors (Lipinski definition) is 1. The molecule has 0 bridgehead atoms. The molecule has 2 rings (SSSR count). The average Bonchev–Trinajstić information content (AvgIpc) is 2.42. The van der Waals surface area contributed by atoms with Gasteiger partial charge in [-0.15, -0.1) is 0 Å². The molecule has 0 heterocycles. The largest absolute Gasteiger partial charge is 0.495 e. The lowest BCUT2D eigenvalue weighted by Crippen LogP contribution is -2.46. The molecule has 2 atom stereocenters. The number of anilines is 1. The van der Waals surface area contributed by atoms with E-state index in [0.29, 0.717) is 11.4 Å². The van der Waals surface area contributed by atoms with Crippen LogP contribution in [0.5, 0.6) is 5.75 Å². The van der Waals surface area contributed by atoms with Gasteiger partial charge in [-0.2, -0.15) is 0 Å². The Kier molecular flexibility index (Phi) is 3.76. The zero-order valence-electron chi connectivity index (χ0n) is 10.2. The van der Waals surface area contributed by atoms with Gasteiger partial charge in [0.2, 0.25) is 0 Å². The normalized spacial score (nSPS) is 25.1. The first-order chi connectivity index (χ1) is 9.08. The number of nitro groups is 1. The molecule has 0 aromatic heterocycles. The van der Waals surface area contributed by atoms with Gasteiger partial charge >= 0.3 is 5.00 Å². The zero-order valence-corrected chi connectivity index (χ0v) is 11.0. The minimum absolute atomic E-state index is 0.512. The Balaban J connectivity index is 2.29. The molecule has 1 N–H and O–H groups in total. The van der Waals surface area contributed by atoms with Gasteiger partial charge in [0.25, 0.3) is 0 Å². The molecule has 0 spiro atoms. The average molecular weight is 281 g/mol. The lowest BCUT2D eigenvalue weighted by atomic mass is 10.0. The standard InChI is InChI=1S/C13H13ClN2O3/c1-19-11-7-3-2-6-10(11)15-12-8-4-5-9-13(12,14)16(17)18/h2-9,12,15H,1H3. The van der Waals surface area contributed by atoms with Gasteiger partial charge in [-0.1, -0.05) is 30.4 Å². The van der Waals surface area contributed by atoms with E-state index in [1.54, 1.807) is 37.5 Å². The van der Waals surface area contributed by atoms with Crippen molar-refractivity contribution in [2.24, 2.45) is 0 Å². The van der Waals surface area contributed by atoms with Crippen LogP contribution in [-0.4, -0.2) is 23.1 Å². The summed E-state index contributed by atoms with van der Waals surface area (Å²) in [7, 11) is 1.54. The van der Waals surface area contributed by atoms with Crippen molar-refractivity contribution in [3.63, 3.8) is 0 Å². The second-order valence-corrected chi connectivity index (χ2v) is 4.66. The summed E-state index contributed by atoms with van der Waals surface area (Å²) in [6, 6.07) is 6.53. The lowest BCUT2D eigenvalue weighted by molar-refractivity contribution is -0.528. The first-order valence-corrected chi connectivity index (χ1v) is 6.04. The summed E-state index contributed by atoms with van der Waals surface area (Å²) in [4.78, 5) is 8.94. The van der Waals surface area contributed by atoms with Crippen molar-refractivity contribution in [1.29, 1.82) is 0 Å². The molecule has 19 heavy (non-hydrogen) atoms. The smallest absolute Gasteiger partial charge is 0.337 e. The Morgan fingerprint density at radius 3 is 2.84 bits per heavy atom. The van der Waals surface area contributed by atoms with Crippen LogP contribution in [0.4, 0.5) is 5.69 Å². The number of halogens is 1. The van der Waals surface area contributed by atoms with Crippen LogP contribution in [0, 0.1) is 10.1 Å². The van der Waals surface area contributed by atoms with Gasteiger partial charge in [-0.05, 0) is 23.7 Å². The van der Waals surface area contributed by atoms with Crippen LogP contribution >= 0.6 is 11.6 Å². The number of alkyl halides is 1. The monoisotopic (exact) mass is 280 g/mol. The Hall–Kier alpha value is -2.01. The maximum Gasteiger partial charge on any atom is 0.337 e. The molecule has 6 heteroatoms. The van der Waals surface area contributed by atoms with E-state index in [9.17, 15) is 10.1 Å². The van der Waals surface area contributed by atoms with Gasteiger partial charge in [0.1, 0.15) is 11.8 Å². The third-order valence-corrected chi connectivity index (χ3v) is 3.38. The quantitative estimate of drug-likeness (QED) is 0.399. The van der Waals surface area contributed by atoms with Gasteiger partial charge in [0, 0.05) is 11.0 Å². The summed E-state index contributed by atoms with van der Waals surface area (Å²) in [5, 5.41) is 14.2. The molecule has 1 aliphatic rings. The number of nitrogens with one attached hydrogen (secondary N) is 1. The first-order valence-electron chi connectivity index (χ1n) is 5.67. The van der Waals surface area contributed by atoms with Crippen molar-refractivity contribution >= 4 is 17.3 Å². The number of rotatable bonds is 4. The van der Waals surface area contributed by atoms with Crippen molar-refractivity contribution in [2.45, 2.75) is 11.0 Å². The summed E-state index contributed by atoms with van der Waals surface area (Å²) >= 11 is 6.08. The van der Waals surface area contributed by atoms with Crippen LogP contribution in [0.15, 0.2) is 48.6 Å². The highest BCUT2D eigenvalue weighted by Gasteiger charge is 2.46. The second-order valence-electron chi connectivity index (χ2n) is 4.05. The van der Waals surface area contributed by atoms with Gasteiger partial charge in [-0.25, -0.2) is 0 Å². The Morgan fingerprint density at radius 1 is 1.42 bits per heavy atom. The number of benzene rings is 1. The fourth-order valence-corrected chi connectivity index (χ4v) is 2.06. The Morgan fingerprint density at radius 2 is 2.16 bits per heavy atom. The molecule has 0 saturated heterocycles. The molecular weight excluding hydrogens is 268 g/mol. The summed E-state index contributed by atoms with van der Waals surface area (Å²) < 4.78 is 5.20. The molecule has 2 unspecified atom stereocenters. The Bertz CT molecular complexity index is 544. The van der Waals surface area contributed by atoms with Crippen LogP contribution in [0.2, 0.25) is 0 Å². The molecule has 0 aliphatic heterocycles. The van der Waals surface area contributed by atoms with Crippen LogP contribution in [0.3, 0.4) is 0 Å². The van der Waals surface area contributed by atoms with E-state index in [0.717, 1.165) is 0 Å². The molecule has 0 radical (unpaired) electrons. The number of hydrogen-bond acceptors (Lipinski definition) is 4. The summed E-state index contributed by atoms with van der Waals surface area (Å²) in [6.45, 7) is 0. The highest BCUT2D eigenvalue weighted by atomic mass is 35.5. The molecule has 0 saturated carbocycles. The van der Waals surface area contributed by atoms with E-state index in [2.05, 4.69) is 5.32 Å². The predicted octanol–water partition coefficient (Wildman–Crippen LogP) is 2.81. The van der Waals surface area contributed by atoms with Gasteiger partial charge in [-0.3, -0.25) is 10.1 Å². The first kappa shape index (κ1) is 13.4. The highest BCUT2D eigenvalue weighted by Crippen LogP contribution is 2.32. The van der Waals surface area contributed by atoms with E-state index < -0.39 is 16.0 Å². The van der Waals surface area contributed by atoms with E-state index in [1.165, 1.54) is 6.08 Å². The van der Waals surface area contributed by atoms with Gasteiger partial charge in [0.15, 0.2) is 0 Å². The fourth-order valence-electron chi connectivity index (χ4n) is 1.86. The van der Waals surface area contributed by atoms with Crippen molar-refractivity contribution in [3.8, 4) is 5.75 Å². The zero-order chi connectivity index (χ0) is 13.9. The second kappa shape index (κ2) is 5.32. The van der Waals surface area contributed by atoms with Crippen molar-refractivity contribution < 1.29 is 9.66 Å². The maximum absolute atomic E-state index is 11.1. The lowest BCUT2D eigenvalue weighted by Gasteiger charge is -2.27. The van der Waals surface area contributed by atoms with Crippen molar-refractivity contribution in [1.82, 2.24) is 0 Å². The predicted molar refractivity (Wildman–Crippen MR) is 74.3 cm³/mol. The third kappa shape index (κ3) is 2.56. The van der Waals surface area contributed by atoms with Crippen LogP contribution < -0.4 is 10.1 Å². The van der Waals surface area contributed by atoms with Crippen LogP contribution in [0.1, 0.15) is 0 Å². The summed E-state index contributed by atoms with van der Waals surface area (Å²) in [6.07, 6.45) is 6.30. The molecule has 1 aliphatic carbocycles.